The van der Waals surface area contributed by atoms with E-state index in [1.54, 1.807) is 24.3 Å². The van der Waals surface area contributed by atoms with E-state index in [2.05, 4.69) is 26.1 Å². The maximum Gasteiger partial charge on any atom is 0.255 e. The van der Waals surface area contributed by atoms with Crippen LogP contribution in [0.3, 0.4) is 0 Å². The molecule has 0 unspecified atom stereocenters. The lowest BCUT2D eigenvalue weighted by Crippen LogP contribution is -2.15. The number of nitrogens with two attached hydrogens (primary N) is 1. The highest BCUT2D eigenvalue weighted by molar-refractivity contribution is 6.04. The van der Waals surface area contributed by atoms with Gasteiger partial charge in [0.1, 0.15) is 5.75 Å². The second-order valence-electron chi connectivity index (χ2n) is 6.87. The van der Waals surface area contributed by atoms with Crippen LogP contribution in [0.1, 0.15) is 43.1 Å². The molecule has 0 aromatic heterocycles. The molecule has 2 amide bonds. The molecule has 0 bridgehead atoms. The van der Waals surface area contributed by atoms with Gasteiger partial charge in [-0.1, -0.05) is 32.9 Å². The quantitative estimate of drug-likeness (QED) is 0.844. The molecule has 2 aromatic carbocycles. The van der Waals surface area contributed by atoms with E-state index in [1.807, 2.05) is 24.3 Å². The lowest BCUT2D eigenvalue weighted by atomic mass is 9.87. The third kappa shape index (κ3) is 5.64. The summed E-state index contributed by atoms with van der Waals surface area (Å²) in [5.41, 5.74) is 7.57. The number of nitrogens with one attached hydrogen (secondary N) is 1. The first kappa shape index (κ1) is 18.5. The standard InChI is InChI=1S/C20H24N2O3/c1-20(2,3)15-6-4-14(5-7-15)19(24)22-16-8-10-17(11-9-16)25-13-12-18(21)23/h4-11H,12-13H2,1-3H3,(H2,21,23)(H,22,24). The lowest BCUT2D eigenvalue weighted by molar-refractivity contribution is -0.118. The molecule has 2 aromatic rings. The summed E-state index contributed by atoms with van der Waals surface area (Å²) >= 11 is 0. The third-order valence-electron chi connectivity index (χ3n) is 3.74. The van der Waals surface area contributed by atoms with Crippen molar-refractivity contribution in [3.63, 3.8) is 0 Å². The summed E-state index contributed by atoms with van der Waals surface area (Å²) in [6, 6.07) is 14.6. The van der Waals surface area contributed by atoms with Gasteiger partial charge in [0.15, 0.2) is 0 Å². The summed E-state index contributed by atoms with van der Waals surface area (Å²) in [7, 11) is 0. The van der Waals surface area contributed by atoms with E-state index in [9.17, 15) is 9.59 Å². The molecule has 0 heterocycles. The van der Waals surface area contributed by atoms with E-state index in [0.29, 0.717) is 17.0 Å². The molecule has 3 N–H and O–H groups in total. The molecule has 0 atom stereocenters. The first-order valence-corrected chi connectivity index (χ1v) is 8.19. The zero-order valence-corrected chi connectivity index (χ0v) is 14.8. The van der Waals surface area contributed by atoms with Crippen molar-refractivity contribution in [2.75, 3.05) is 11.9 Å². The number of hydrogen-bond donors (Lipinski definition) is 2. The molecule has 132 valence electrons. The number of anilines is 1. The molecule has 0 spiro atoms. The molecule has 0 aliphatic heterocycles. The van der Waals surface area contributed by atoms with Gasteiger partial charge < -0.3 is 15.8 Å². The molecular formula is C20H24N2O3. The Morgan fingerprint density at radius 2 is 1.60 bits per heavy atom. The number of carbonyl (C=O) groups is 2. The van der Waals surface area contributed by atoms with Crippen LogP contribution in [0.25, 0.3) is 0 Å². The van der Waals surface area contributed by atoms with E-state index in [4.69, 9.17) is 10.5 Å². The van der Waals surface area contributed by atoms with E-state index < -0.39 is 5.91 Å². The van der Waals surface area contributed by atoms with Gasteiger partial charge in [-0.15, -0.1) is 0 Å². The van der Waals surface area contributed by atoms with E-state index in [-0.39, 0.29) is 24.3 Å². The van der Waals surface area contributed by atoms with Crippen molar-refractivity contribution in [2.45, 2.75) is 32.6 Å². The minimum Gasteiger partial charge on any atom is -0.493 e. The Labute approximate surface area is 148 Å². The van der Waals surface area contributed by atoms with E-state index in [1.165, 1.54) is 5.56 Å². The molecule has 0 radical (unpaired) electrons. The molecule has 0 aliphatic rings. The first-order chi connectivity index (χ1) is 11.8. The number of ether oxygens (including phenoxy) is 1. The third-order valence-corrected chi connectivity index (χ3v) is 3.74. The monoisotopic (exact) mass is 340 g/mol. The Morgan fingerprint density at radius 3 is 2.12 bits per heavy atom. The van der Waals surface area contributed by atoms with Crippen LogP contribution < -0.4 is 15.8 Å². The number of primary amides is 1. The molecule has 5 heteroatoms. The van der Waals surface area contributed by atoms with Crippen LogP contribution in [0.4, 0.5) is 5.69 Å². The molecule has 0 aliphatic carbocycles. The van der Waals surface area contributed by atoms with Gasteiger partial charge >= 0.3 is 0 Å². The summed E-state index contributed by atoms with van der Waals surface area (Å²) < 4.78 is 5.39. The van der Waals surface area contributed by atoms with Gasteiger partial charge in [-0.25, -0.2) is 0 Å². The summed E-state index contributed by atoms with van der Waals surface area (Å²) in [6.45, 7) is 6.64. The van der Waals surface area contributed by atoms with E-state index in [0.717, 1.165) is 0 Å². The Morgan fingerprint density at radius 1 is 1.00 bits per heavy atom. The predicted molar refractivity (Wildman–Crippen MR) is 98.8 cm³/mol. The van der Waals surface area contributed by atoms with Crippen molar-refractivity contribution in [2.24, 2.45) is 5.73 Å². The van der Waals surface area contributed by atoms with Crippen molar-refractivity contribution in [3.8, 4) is 5.75 Å². The van der Waals surface area contributed by atoms with Crippen LogP contribution in [0.15, 0.2) is 48.5 Å². The molecule has 0 saturated carbocycles. The van der Waals surface area contributed by atoms with Crippen LogP contribution in [-0.2, 0) is 10.2 Å². The summed E-state index contributed by atoms with van der Waals surface area (Å²) in [4.78, 5) is 23.0. The smallest absolute Gasteiger partial charge is 0.255 e. The largest absolute Gasteiger partial charge is 0.493 e. The lowest BCUT2D eigenvalue weighted by Gasteiger charge is -2.19. The Bertz CT molecular complexity index is 729. The fraction of sp³-hybridized carbons (Fsp3) is 0.300. The summed E-state index contributed by atoms with van der Waals surface area (Å²) in [5, 5.41) is 2.85. The van der Waals surface area contributed by atoms with Gasteiger partial charge in [-0.3, -0.25) is 9.59 Å². The van der Waals surface area contributed by atoms with Crippen LogP contribution in [-0.4, -0.2) is 18.4 Å². The number of amides is 2. The van der Waals surface area contributed by atoms with Crippen LogP contribution in [0, 0.1) is 0 Å². The zero-order chi connectivity index (χ0) is 18.4. The molecule has 2 rings (SSSR count). The number of hydrogen-bond acceptors (Lipinski definition) is 3. The normalized spacial score (nSPS) is 11.0. The highest BCUT2D eigenvalue weighted by atomic mass is 16.5. The zero-order valence-electron chi connectivity index (χ0n) is 14.8. The van der Waals surface area contributed by atoms with Gasteiger partial charge in [0.05, 0.1) is 13.0 Å². The van der Waals surface area contributed by atoms with Gasteiger partial charge in [-0.2, -0.15) is 0 Å². The summed E-state index contributed by atoms with van der Waals surface area (Å²) in [6.07, 6.45) is 0.170. The highest BCUT2D eigenvalue weighted by Gasteiger charge is 2.14. The molecule has 0 saturated heterocycles. The first-order valence-electron chi connectivity index (χ1n) is 8.19. The fourth-order valence-electron chi connectivity index (χ4n) is 2.23. The van der Waals surface area contributed by atoms with Crippen LogP contribution >= 0.6 is 0 Å². The van der Waals surface area contributed by atoms with Crippen molar-refractivity contribution in [1.82, 2.24) is 0 Å². The minimum atomic E-state index is -0.402. The predicted octanol–water partition coefficient (Wildman–Crippen LogP) is 3.49. The fourth-order valence-corrected chi connectivity index (χ4v) is 2.23. The average molecular weight is 340 g/mol. The number of rotatable bonds is 6. The van der Waals surface area contributed by atoms with Crippen molar-refractivity contribution >= 4 is 17.5 Å². The Kier molecular flexibility index (Phi) is 5.80. The topological polar surface area (TPSA) is 81.4 Å². The van der Waals surface area contributed by atoms with Gasteiger partial charge in [0.2, 0.25) is 5.91 Å². The second kappa shape index (κ2) is 7.83. The Hall–Kier alpha value is -2.82. The molecule has 25 heavy (non-hydrogen) atoms. The number of carbonyl (C=O) groups excluding carboxylic acids is 2. The summed E-state index contributed by atoms with van der Waals surface area (Å²) in [5.74, 6) is 0.0537. The van der Waals surface area contributed by atoms with Gasteiger partial charge in [0, 0.05) is 11.3 Å². The van der Waals surface area contributed by atoms with Gasteiger partial charge in [-0.05, 0) is 47.4 Å². The maximum absolute atomic E-state index is 12.3. The van der Waals surface area contributed by atoms with Crippen molar-refractivity contribution in [1.29, 1.82) is 0 Å². The second-order valence-corrected chi connectivity index (χ2v) is 6.87. The molecular weight excluding hydrogens is 316 g/mol. The Balaban J connectivity index is 1.95. The highest BCUT2D eigenvalue weighted by Crippen LogP contribution is 2.22. The van der Waals surface area contributed by atoms with E-state index >= 15 is 0 Å². The molecule has 0 fully saturated rings. The van der Waals surface area contributed by atoms with Crippen LogP contribution in [0.2, 0.25) is 0 Å². The van der Waals surface area contributed by atoms with Gasteiger partial charge in [0.25, 0.3) is 5.91 Å². The average Bonchev–Trinajstić information content (AvgIpc) is 2.55. The SMILES string of the molecule is CC(C)(C)c1ccc(C(=O)Nc2ccc(OCCC(N)=O)cc2)cc1. The van der Waals surface area contributed by atoms with Crippen molar-refractivity contribution < 1.29 is 14.3 Å². The van der Waals surface area contributed by atoms with Crippen molar-refractivity contribution in [3.05, 3.63) is 59.7 Å². The molecule has 5 nitrogen and oxygen atoms in total. The van der Waals surface area contributed by atoms with Crippen LogP contribution in [0.5, 0.6) is 5.75 Å². The number of benzene rings is 2. The minimum absolute atomic E-state index is 0.0549. The maximum atomic E-state index is 12.3.